The van der Waals surface area contributed by atoms with E-state index in [-0.39, 0.29) is 0 Å². The maximum atomic E-state index is 3.50. The van der Waals surface area contributed by atoms with Crippen LogP contribution >= 0.6 is 0 Å². The molecule has 2 heteroatoms. The Morgan fingerprint density at radius 1 is 1.16 bits per heavy atom. The van der Waals surface area contributed by atoms with E-state index in [2.05, 4.69) is 48.3 Å². The van der Waals surface area contributed by atoms with E-state index in [1.165, 1.54) is 56.4 Å². The number of nitrogens with one attached hydrogen (secondary N) is 1. The zero-order chi connectivity index (χ0) is 13.5. The predicted molar refractivity (Wildman–Crippen MR) is 82.7 cm³/mol. The summed E-state index contributed by atoms with van der Waals surface area (Å²) in [4.78, 5) is 2.58. The van der Waals surface area contributed by atoms with Gasteiger partial charge in [0.25, 0.3) is 0 Å². The van der Waals surface area contributed by atoms with Gasteiger partial charge in [-0.2, -0.15) is 0 Å². The monoisotopic (exact) mass is 260 g/mol. The first-order valence-electron chi connectivity index (χ1n) is 7.81. The highest BCUT2D eigenvalue weighted by atomic mass is 15.2. The second-order valence-corrected chi connectivity index (χ2v) is 5.83. The predicted octanol–water partition coefficient (Wildman–Crippen LogP) is 2.87. The van der Waals surface area contributed by atoms with Crippen molar-refractivity contribution in [1.82, 2.24) is 10.2 Å². The summed E-state index contributed by atoms with van der Waals surface area (Å²) in [6.07, 6.45) is 4.99. The summed E-state index contributed by atoms with van der Waals surface area (Å²) in [5, 5.41) is 3.50. The maximum absolute atomic E-state index is 3.50. The van der Waals surface area contributed by atoms with Crippen LogP contribution in [0.1, 0.15) is 37.8 Å². The topological polar surface area (TPSA) is 15.3 Å². The molecule has 0 radical (unpaired) electrons. The third-order valence-corrected chi connectivity index (χ3v) is 4.01. The van der Waals surface area contributed by atoms with Gasteiger partial charge in [0.1, 0.15) is 0 Å². The zero-order valence-corrected chi connectivity index (χ0v) is 12.5. The SMILES string of the molecule is CCCCc1ccc(CCN2CCNC(C)C2)cc1. The smallest absolute Gasteiger partial charge is 0.0167 e. The minimum absolute atomic E-state index is 0.644. The Morgan fingerprint density at radius 2 is 1.84 bits per heavy atom. The summed E-state index contributed by atoms with van der Waals surface area (Å²) in [6.45, 7) is 9.24. The van der Waals surface area contributed by atoms with E-state index >= 15 is 0 Å². The third kappa shape index (κ3) is 4.96. The van der Waals surface area contributed by atoms with Crippen LogP contribution < -0.4 is 5.32 Å². The van der Waals surface area contributed by atoms with Crippen molar-refractivity contribution < 1.29 is 0 Å². The number of rotatable bonds is 6. The lowest BCUT2D eigenvalue weighted by atomic mass is 10.0. The molecule has 1 heterocycles. The largest absolute Gasteiger partial charge is 0.312 e. The summed E-state index contributed by atoms with van der Waals surface area (Å²) < 4.78 is 0. The van der Waals surface area contributed by atoms with Gasteiger partial charge in [0.05, 0.1) is 0 Å². The lowest BCUT2D eigenvalue weighted by molar-refractivity contribution is 0.209. The molecule has 0 amide bonds. The molecule has 106 valence electrons. The molecule has 1 atom stereocenters. The Labute approximate surface area is 118 Å². The minimum atomic E-state index is 0.644. The standard InChI is InChI=1S/C17H28N2/c1-3-4-5-16-6-8-17(9-7-16)10-12-19-13-11-18-15(2)14-19/h6-9,15,18H,3-5,10-14H2,1-2H3. The number of hydrogen-bond donors (Lipinski definition) is 1. The molecule has 19 heavy (non-hydrogen) atoms. The van der Waals surface area contributed by atoms with Crippen LogP contribution in [0, 0.1) is 0 Å². The molecule has 2 nitrogen and oxygen atoms in total. The number of benzene rings is 1. The molecule has 0 spiro atoms. The second-order valence-electron chi connectivity index (χ2n) is 5.83. The van der Waals surface area contributed by atoms with Crippen LogP contribution in [-0.2, 0) is 12.8 Å². The first kappa shape index (κ1) is 14.5. The normalized spacial score (nSPS) is 20.6. The van der Waals surface area contributed by atoms with Gasteiger partial charge in [-0.3, -0.25) is 0 Å². The van der Waals surface area contributed by atoms with E-state index in [9.17, 15) is 0 Å². The molecule has 1 aliphatic rings. The van der Waals surface area contributed by atoms with Gasteiger partial charge in [0.15, 0.2) is 0 Å². The molecule has 1 saturated heterocycles. The Balaban J connectivity index is 1.76. The molecule has 1 aliphatic heterocycles. The van der Waals surface area contributed by atoms with Gasteiger partial charge in [-0.25, -0.2) is 0 Å². The molecule has 1 fully saturated rings. The lowest BCUT2D eigenvalue weighted by Crippen LogP contribution is -2.49. The van der Waals surface area contributed by atoms with Crippen molar-refractivity contribution in [1.29, 1.82) is 0 Å². The van der Waals surface area contributed by atoms with E-state index < -0.39 is 0 Å². The highest BCUT2D eigenvalue weighted by Gasteiger charge is 2.14. The first-order chi connectivity index (χ1) is 9.28. The van der Waals surface area contributed by atoms with Crippen molar-refractivity contribution in [3.8, 4) is 0 Å². The average molecular weight is 260 g/mol. The Morgan fingerprint density at radius 3 is 2.47 bits per heavy atom. The summed E-state index contributed by atoms with van der Waals surface area (Å²) in [5.74, 6) is 0. The van der Waals surface area contributed by atoms with Crippen LogP contribution in [0.4, 0.5) is 0 Å². The molecule has 1 aromatic carbocycles. The van der Waals surface area contributed by atoms with Gasteiger partial charge in [-0.1, -0.05) is 37.6 Å². The van der Waals surface area contributed by atoms with Crippen molar-refractivity contribution in [3.63, 3.8) is 0 Å². The molecular formula is C17H28N2. The van der Waals surface area contributed by atoms with Gasteiger partial charge < -0.3 is 10.2 Å². The van der Waals surface area contributed by atoms with Crippen LogP contribution in [0.3, 0.4) is 0 Å². The highest BCUT2D eigenvalue weighted by molar-refractivity contribution is 5.22. The Kier molecular flexibility index (Phi) is 5.87. The summed E-state index contributed by atoms with van der Waals surface area (Å²) >= 11 is 0. The Bertz CT molecular complexity index is 358. The molecule has 0 bridgehead atoms. The Hall–Kier alpha value is -0.860. The average Bonchev–Trinajstić information content (AvgIpc) is 2.44. The third-order valence-electron chi connectivity index (χ3n) is 4.01. The molecule has 0 saturated carbocycles. The molecule has 1 unspecified atom stereocenters. The van der Waals surface area contributed by atoms with E-state index in [0.29, 0.717) is 6.04 Å². The van der Waals surface area contributed by atoms with Crippen molar-refractivity contribution in [2.75, 3.05) is 26.2 Å². The second kappa shape index (κ2) is 7.66. The number of nitrogens with zero attached hydrogens (tertiary/aromatic N) is 1. The first-order valence-corrected chi connectivity index (χ1v) is 7.81. The van der Waals surface area contributed by atoms with Crippen LogP contribution in [0.5, 0.6) is 0 Å². The van der Waals surface area contributed by atoms with Crippen molar-refractivity contribution in [2.45, 2.75) is 45.6 Å². The number of piperazine rings is 1. The summed E-state index contributed by atoms with van der Waals surface area (Å²) in [6, 6.07) is 9.90. The molecule has 2 rings (SSSR count). The fourth-order valence-corrected chi connectivity index (χ4v) is 2.76. The summed E-state index contributed by atoms with van der Waals surface area (Å²) in [7, 11) is 0. The van der Waals surface area contributed by atoms with Crippen LogP contribution in [0.2, 0.25) is 0 Å². The lowest BCUT2D eigenvalue weighted by Gasteiger charge is -2.31. The van der Waals surface area contributed by atoms with E-state index in [0.717, 1.165) is 6.54 Å². The molecule has 0 aliphatic carbocycles. The van der Waals surface area contributed by atoms with Gasteiger partial charge >= 0.3 is 0 Å². The number of unbranched alkanes of at least 4 members (excludes halogenated alkanes) is 1. The van der Waals surface area contributed by atoms with Gasteiger partial charge in [0.2, 0.25) is 0 Å². The molecule has 0 aromatic heterocycles. The van der Waals surface area contributed by atoms with Gasteiger partial charge in [-0.15, -0.1) is 0 Å². The quantitative estimate of drug-likeness (QED) is 0.846. The molecule has 1 N–H and O–H groups in total. The number of aryl methyl sites for hydroxylation is 1. The van der Waals surface area contributed by atoms with Crippen LogP contribution in [0.15, 0.2) is 24.3 Å². The molecule has 1 aromatic rings. The van der Waals surface area contributed by atoms with E-state index in [4.69, 9.17) is 0 Å². The van der Waals surface area contributed by atoms with Crippen molar-refractivity contribution in [3.05, 3.63) is 35.4 Å². The van der Waals surface area contributed by atoms with Crippen LogP contribution in [-0.4, -0.2) is 37.1 Å². The van der Waals surface area contributed by atoms with Crippen molar-refractivity contribution in [2.24, 2.45) is 0 Å². The maximum Gasteiger partial charge on any atom is 0.0167 e. The van der Waals surface area contributed by atoms with Crippen molar-refractivity contribution >= 4 is 0 Å². The molecular weight excluding hydrogens is 232 g/mol. The fourth-order valence-electron chi connectivity index (χ4n) is 2.76. The van der Waals surface area contributed by atoms with E-state index in [1.54, 1.807) is 0 Å². The van der Waals surface area contributed by atoms with Gasteiger partial charge in [0, 0.05) is 32.2 Å². The zero-order valence-electron chi connectivity index (χ0n) is 12.5. The van der Waals surface area contributed by atoms with Crippen LogP contribution in [0.25, 0.3) is 0 Å². The summed E-state index contributed by atoms with van der Waals surface area (Å²) in [5.41, 5.74) is 2.97. The highest BCUT2D eigenvalue weighted by Crippen LogP contribution is 2.09. The van der Waals surface area contributed by atoms with Gasteiger partial charge in [-0.05, 0) is 37.3 Å². The fraction of sp³-hybridized carbons (Fsp3) is 0.647. The minimum Gasteiger partial charge on any atom is -0.312 e. The number of hydrogen-bond acceptors (Lipinski definition) is 2. The van der Waals surface area contributed by atoms with E-state index in [1.807, 2.05) is 0 Å².